The molecular weight excluding hydrogens is 253 g/mol. The molecule has 1 atom stereocenters. The smallest absolute Gasteiger partial charge is 0.126 e. The van der Waals surface area contributed by atoms with Crippen LogP contribution in [0, 0.1) is 5.82 Å². The van der Waals surface area contributed by atoms with Gasteiger partial charge in [-0.25, -0.2) is 4.39 Å². The number of rotatable bonds is 3. The molecule has 1 unspecified atom stereocenters. The van der Waals surface area contributed by atoms with Crippen molar-refractivity contribution in [1.82, 2.24) is 5.32 Å². The van der Waals surface area contributed by atoms with Crippen molar-refractivity contribution >= 4 is 0 Å². The quantitative estimate of drug-likeness (QED) is 0.911. The highest BCUT2D eigenvalue weighted by atomic mass is 19.1. The summed E-state index contributed by atoms with van der Waals surface area (Å²) in [4.78, 5) is 0. The molecule has 1 aliphatic heterocycles. The van der Waals surface area contributed by atoms with Crippen molar-refractivity contribution in [2.75, 3.05) is 6.61 Å². The maximum Gasteiger partial charge on any atom is 0.126 e. The van der Waals surface area contributed by atoms with Gasteiger partial charge >= 0.3 is 0 Å². The van der Waals surface area contributed by atoms with E-state index in [0.717, 1.165) is 37.9 Å². The second-order valence-electron chi connectivity index (χ2n) is 6.85. The zero-order chi connectivity index (χ0) is 14.2. The molecule has 0 bridgehead atoms. The standard InChI is InChI=1S/C17H24FNO/c1-17(2)11-13(7-8-20-17)19-14-9-12(10-14)15-5-3-4-6-16(15)18/h3-6,12-14,19H,7-11H2,1-2H3. The molecule has 1 saturated heterocycles. The van der Waals surface area contributed by atoms with Crippen molar-refractivity contribution in [2.24, 2.45) is 0 Å². The van der Waals surface area contributed by atoms with Crippen LogP contribution in [0.3, 0.4) is 0 Å². The lowest BCUT2D eigenvalue weighted by Gasteiger charge is -2.42. The zero-order valence-corrected chi connectivity index (χ0v) is 12.4. The number of hydrogen-bond acceptors (Lipinski definition) is 2. The molecule has 1 aromatic carbocycles. The van der Waals surface area contributed by atoms with Crippen LogP contribution in [0.1, 0.15) is 51.0 Å². The van der Waals surface area contributed by atoms with Crippen molar-refractivity contribution in [3.05, 3.63) is 35.6 Å². The molecule has 0 amide bonds. The third-order valence-electron chi connectivity index (χ3n) is 4.65. The molecule has 1 aliphatic carbocycles. The van der Waals surface area contributed by atoms with Gasteiger partial charge in [0.2, 0.25) is 0 Å². The van der Waals surface area contributed by atoms with Crippen LogP contribution >= 0.6 is 0 Å². The van der Waals surface area contributed by atoms with Crippen LogP contribution in [-0.2, 0) is 4.74 Å². The molecule has 1 saturated carbocycles. The predicted octanol–water partition coefficient (Wildman–Crippen LogP) is 3.62. The van der Waals surface area contributed by atoms with E-state index in [4.69, 9.17) is 4.74 Å². The Kier molecular flexibility index (Phi) is 3.83. The van der Waals surface area contributed by atoms with Gasteiger partial charge in [0.15, 0.2) is 0 Å². The van der Waals surface area contributed by atoms with E-state index in [9.17, 15) is 4.39 Å². The molecule has 0 aromatic heterocycles. The van der Waals surface area contributed by atoms with Gasteiger partial charge in [-0.2, -0.15) is 0 Å². The van der Waals surface area contributed by atoms with Crippen molar-refractivity contribution in [1.29, 1.82) is 0 Å². The normalized spacial score (nSPS) is 32.6. The number of ether oxygens (including phenoxy) is 1. The Morgan fingerprint density at radius 1 is 1.20 bits per heavy atom. The first kappa shape index (κ1) is 14.0. The van der Waals surface area contributed by atoms with Gasteiger partial charge in [0.05, 0.1) is 5.60 Å². The monoisotopic (exact) mass is 277 g/mol. The van der Waals surface area contributed by atoms with Crippen molar-refractivity contribution in [3.8, 4) is 0 Å². The second-order valence-corrected chi connectivity index (χ2v) is 6.85. The summed E-state index contributed by atoms with van der Waals surface area (Å²) in [5.74, 6) is 0.338. The Morgan fingerprint density at radius 2 is 1.95 bits per heavy atom. The van der Waals surface area contributed by atoms with Gasteiger partial charge in [-0.05, 0) is 57.1 Å². The predicted molar refractivity (Wildman–Crippen MR) is 78.4 cm³/mol. The molecule has 1 aromatic rings. The third kappa shape index (κ3) is 3.04. The Labute approximate surface area is 120 Å². The summed E-state index contributed by atoms with van der Waals surface area (Å²) in [5.41, 5.74) is 0.878. The molecule has 0 radical (unpaired) electrons. The van der Waals surface area contributed by atoms with Gasteiger partial charge in [0.25, 0.3) is 0 Å². The number of benzene rings is 1. The molecule has 2 aliphatic rings. The lowest BCUT2D eigenvalue weighted by Crippen LogP contribution is -2.50. The molecule has 110 valence electrons. The molecule has 2 nitrogen and oxygen atoms in total. The summed E-state index contributed by atoms with van der Waals surface area (Å²) in [5, 5.41) is 3.73. The molecule has 1 N–H and O–H groups in total. The van der Waals surface area contributed by atoms with Crippen LogP contribution in [0.15, 0.2) is 24.3 Å². The summed E-state index contributed by atoms with van der Waals surface area (Å²) in [6.45, 7) is 5.15. The highest BCUT2D eigenvalue weighted by Gasteiger charge is 2.35. The fourth-order valence-electron chi connectivity index (χ4n) is 3.52. The van der Waals surface area contributed by atoms with Crippen LogP contribution < -0.4 is 5.32 Å². The lowest BCUT2D eigenvalue weighted by molar-refractivity contribution is -0.0655. The molecule has 3 heteroatoms. The van der Waals surface area contributed by atoms with E-state index in [2.05, 4.69) is 19.2 Å². The van der Waals surface area contributed by atoms with E-state index < -0.39 is 0 Å². The molecule has 1 heterocycles. The van der Waals surface area contributed by atoms with Crippen LogP contribution in [0.25, 0.3) is 0 Å². The number of halogens is 1. The fourth-order valence-corrected chi connectivity index (χ4v) is 3.52. The molecule has 3 rings (SSSR count). The van der Waals surface area contributed by atoms with Gasteiger partial charge in [0, 0.05) is 18.7 Å². The summed E-state index contributed by atoms with van der Waals surface area (Å²) in [7, 11) is 0. The van der Waals surface area contributed by atoms with Crippen molar-refractivity contribution in [2.45, 2.75) is 63.1 Å². The first-order chi connectivity index (χ1) is 9.53. The Morgan fingerprint density at radius 3 is 2.65 bits per heavy atom. The summed E-state index contributed by atoms with van der Waals surface area (Å²) in [6.07, 6.45) is 4.26. The SMILES string of the molecule is CC1(C)CC(NC2CC(c3ccccc3F)C2)CCO1. The van der Waals surface area contributed by atoms with Crippen LogP contribution in [0.4, 0.5) is 4.39 Å². The minimum atomic E-state index is -0.0526. The largest absolute Gasteiger partial charge is 0.375 e. The minimum Gasteiger partial charge on any atom is -0.375 e. The van der Waals surface area contributed by atoms with Crippen molar-refractivity contribution in [3.63, 3.8) is 0 Å². The molecular formula is C17H24FNO. The minimum absolute atomic E-state index is 0.00932. The Balaban J connectivity index is 1.50. The van der Waals surface area contributed by atoms with Crippen LogP contribution in [0.2, 0.25) is 0 Å². The Bertz CT molecular complexity index is 468. The summed E-state index contributed by atoms with van der Waals surface area (Å²) < 4.78 is 19.5. The van der Waals surface area contributed by atoms with Crippen molar-refractivity contribution < 1.29 is 9.13 Å². The van der Waals surface area contributed by atoms with Gasteiger partial charge in [-0.1, -0.05) is 18.2 Å². The number of nitrogens with one attached hydrogen (secondary N) is 1. The fraction of sp³-hybridized carbons (Fsp3) is 0.647. The highest BCUT2D eigenvalue weighted by Crippen LogP contribution is 2.39. The molecule has 0 spiro atoms. The van der Waals surface area contributed by atoms with E-state index in [1.54, 1.807) is 12.1 Å². The van der Waals surface area contributed by atoms with E-state index in [-0.39, 0.29) is 11.4 Å². The third-order valence-corrected chi connectivity index (χ3v) is 4.65. The van der Waals surface area contributed by atoms with E-state index >= 15 is 0 Å². The summed E-state index contributed by atoms with van der Waals surface area (Å²) in [6, 6.07) is 8.27. The lowest BCUT2D eigenvalue weighted by atomic mass is 9.75. The topological polar surface area (TPSA) is 21.3 Å². The highest BCUT2D eigenvalue weighted by molar-refractivity contribution is 5.24. The second kappa shape index (κ2) is 5.45. The van der Waals surface area contributed by atoms with Gasteiger partial charge in [-0.3, -0.25) is 0 Å². The molecule has 2 fully saturated rings. The first-order valence-corrected chi connectivity index (χ1v) is 7.68. The average Bonchev–Trinajstić information content (AvgIpc) is 2.33. The van der Waals surface area contributed by atoms with Gasteiger partial charge < -0.3 is 10.1 Å². The maximum atomic E-state index is 13.7. The van der Waals surface area contributed by atoms with E-state index in [0.29, 0.717) is 18.0 Å². The first-order valence-electron chi connectivity index (χ1n) is 7.68. The van der Waals surface area contributed by atoms with Crippen LogP contribution in [0.5, 0.6) is 0 Å². The number of hydrogen-bond donors (Lipinski definition) is 1. The average molecular weight is 277 g/mol. The van der Waals surface area contributed by atoms with E-state index in [1.807, 2.05) is 12.1 Å². The van der Waals surface area contributed by atoms with Gasteiger partial charge in [-0.15, -0.1) is 0 Å². The van der Waals surface area contributed by atoms with E-state index in [1.165, 1.54) is 0 Å². The summed E-state index contributed by atoms with van der Waals surface area (Å²) >= 11 is 0. The van der Waals surface area contributed by atoms with Gasteiger partial charge in [0.1, 0.15) is 5.82 Å². The maximum absolute atomic E-state index is 13.7. The zero-order valence-electron chi connectivity index (χ0n) is 12.4. The van der Waals surface area contributed by atoms with Crippen LogP contribution in [-0.4, -0.2) is 24.3 Å². The Hall–Kier alpha value is -0.930. The molecule has 20 heavy (non-hydrogen) atoms.